The first-order valence-electron chi connectivity index (χ1n) is 5.94. The zero-order chi connectivity index (χ0) is 14.0. The van der Waals surface area contributed by atoms with Crippen LogP contribution in [-0.4, -0.2) is 41.4 Å². The van der Waals surface area contributed by atoms with E-state index in [4.69, 9.17) is 5.73 Å². The van der Waals surface area contributed by atoms with Crippen LogP contribution in [0.1, 0.15) is 15.4 Å². The van der Waals surface area contributed by atoms with Crippen LogP contribution in [0.25, 0.3) is 10.2 Å². The predicted octanol–water partition coefficient (Wildman–Crippen LogP) is 2.62. The highest BCUT2D eigenvalue weighted by molar-refractivity contribution is 7.98. The molecule has 102 valence electrons. The fourth-order valence-corrected chi connectivity index (χ4v) is 3.34. The average Bonchev–Trinajstić information content (AvgIpc) is 2.71. The molecule has 0 aliphatic carbocycles. The van der Waals surface area contributed by atoms with Gasteiger partial charge in [-0.05, 0) is 25.3 Å². The molecule has 0 saturated heterocycles. The van der Waals surface area contributed by atoms with Crippen molar-refractivity contribution in [3.8, 4) is 0 Å². The number of aromatic nitrogens is 1. The smallest absolute Gasteiger partial charge is 0.265 e. The van der Waals surface area contributed by atoms with Gasteiger partial charge in [-0.1, -0.05) is 0 Å². The molecule has 0 aromatic carbocycles. The Morgan fingerprint density at radius 3 is 2.95 bits per heavy atom. The number of fused-ring (bicyclic) bond motifs is 1. The van der Waals surface area contributed by atoms with Crippen LogP contribution < -0.4 is 5.73 Å². The Morgan fingerprint density at radius 2 is 2.26 bits per heavy atom. The first-order valence-corrected chi connectivity index (χ1v) is 8.15. The Balaban J connectivity index is 2.34. The normalized spacial score (nSPS) is 10.9. The lowest BCUT2D eigenvalue weighted by atomic mass is 10.2. The number of hydrogen-bond donors (Lipinski definition) is 1. The van der Waals surface area contributed by atoms with Crippen LogP contribution in [-0.2, 0) is 0 Å². The van der Waals surface area contributed by atoms with E-state index in [-0.39, 0.29) is 5.91 Å². The van der Waals surface area contributed by atoms with E-state index in [1.807, 2.05) is 25.3 Å². The molecule has 0 aliphatic rings. The number of anilines is 1. The summed E-state index contributed by atoms with van der Waals surface area (Å²) in [6, 6.07) is 3.85. The number of amides is 1. The van der Waals surface area contributed by atoms with Gasteiger partial charge < -0.3 is 10.6 Å². The summed E-state index contributed by atoms with van der Waals surface area (Å²) in [4.78, 5) is 19.9. The average molecular weight is 295 g/mol. The van der Waals surface area contributed by atoms with Gasteiger partial charge in [0.15, 0.2) is 0 Å². The summed E-state index contributed by atoms with van der Waals surface area (Å²) >= 11 is 3.09. The van der Waals surface area contributed by atoms with Crippen molar-refractivity contribution >= 4 is 44.9 Å². The molecule has 2 rings (SSSR count). The minimum atomic E-state index is -0.0211. The van der Waals surface area contributed by atoms with E-state index in [1.165, 1.54) is 11.3 Å². The molecule has 0 radical (unpaired) electrons. The number of aryl methyl sites for hydroxylation is 1. The molecule has 2 heterocycles. The summed E-state index contributed by atoms with van der Waals surface area (Å²) in [7, 11) is 1.81. The number of thioether (sulfide) groups is 1. The number of rotatable bonds is 4. The highest BCUT2D eigenvalue weighted by Crippen LogP contribution is 2.33. The zero-order valence-electron chi connectivity index (χ0n) is 11.3. The van der Waals surface area contributed by atoms with Crippen LogP contribution in [0.2, 0.25) is 0 Å². The summed E-state index contributed by atoms with van der Waals surface area (Å²) in [5.41, 5.74) is 7.56. The second-order valence-corrected chi connectivity index (χ2v) is 6.35. The molecular weight excluding hydrogens is 278 g/mol. The monoisotopic (exact) mass is 295 g/mol. The van der Waals surface area contributed by atoms with Crippen molar-refractivity contribution in [3.63, 3.8) is 0 Å². The van der Waals surface area contributed by atoms with E-state index >= 15 is 0 Å². The summed E-state index contributed by atoms with van der Waals surface area (Å²) in [6.07, 6.45) is 2.03. The van der Waals surface area contributed by atoms with Crippen LogP contribution in [0.3, 0.4) is 0 Å². The van der Waals surface area contributed by atoms with E-state index in [0.717, 1.165) is 28.2 Å². The Kier molecular flexibility index (Phi) is 4.31. The number of nitrogens with two attached hydrogens (primary N) is 1. The molecular formula is C13H17N3OS2. The lowest BCUT2D eigenvalue weighted by Gasteiger charge is -2.15. The van der Waals surface area contributed by atoms with Crippen molar-refractivity contribution < 1.29 is 4.79 Å². The van der Waals surface area contributed by atoms with Gasteiger partial charge >= 0.3 is 0 Å². The molecule has 19 heavy (non-hydrogen) atoms. The summed E-state index contributed by atoms with van der Waals surface area (Å²) in [5, 5.41) is 0.872. The van der Waals surface area contributed by atoms with E-state index in [1.54, 1.807) is 23.7 Å². The molecule has 0 unspecified atom stereocenters. The number of nitrogen functional groups attached to an aromatic ring is 1. The van der Waals surface area contributed by atoms with Gasteiger partial charge in [-0.2, -0.15) is 11.8 Å². The number of carbonyl (C=O) groups excluding carboxylic acids is 1. The van der Waals surface area contributed by atoms with E-state index in [2.05, 4.69) is 4.98 Å². The van der Waals surface area contributed by atoms with Crippen molar-refractivity contribution in [2.45, 2.75) is 6.92 Å². The third-order valence-corrected chi connectivity index (χ3v) is 4.60. The minimum absolute atomic E-state index is 0.0211. The standard InChI is InChI=1S/C13H17N3OS2/c1-8-4-5-9-10(14)11(19-12(9)15-8)13(17)16(2)6-7-18-3/h4-5H,6-7,14H2,1-3H3. The number of nitrogens with zero attached hydrogens (tertiary/aromatic N) is 2. The Bertz CT molecular complexity index is 609. The van der Waals surface area contributed by atoms with Crippen molar-refractivity contribution in [3.05, 3.63) is 22.7 Å². The lowest BCUT2D eigenvalue weighted by molar-refractivity contribution is 0.0809. The SMILES string of the molecule is CSCCN(C)C(=O)c1sc2nc(C)ccc2c1N. The quantitative estimate of drug-likeness (QED) is 0.942. The highest BCUT2D eigenvalue weighted by Gasteiger charge is 2.20. The Morgan fingerprint density at radius 1 is 1.53 bits per heavy atom. The molecule has 1 amide bonds. The number of pyridine rings is 1. The van der Waals surface area contributed by atoms with Crippen LogP contribution in [0, 0.1) is 6.92 Å². The highest BCUT2D eigenvalue weighted by atomic mass is 32.2. The molecule has 0 fully saturated rings. The van der Waals surface area contributed by atoms with Crippen molar-refractivity contribution in [2.24, 2.45) is 0 Å². The third kappa shape index (κ3) is 2.84. The summed E-state index contributed by atoms with van der Waals surface area (Å²) in [6.45, 7) is 2.65. The number of thiophene rings is 1. The third-order valence-electron chi connectivity index (χ3n) is 2.90. The van der Waals surface area contributed by atoms with Gasteiger partial charge in [0.2, 0.25) is 0 Å². The second kappa shape index (κ2) is 5.79. The van der Waals surface area contributed by atoms with Crippen LogP contribution in [0.15, 0.2) is 12.1 Å². The topological polar surface area (TPSA) is 59.2 Å². The Labute approximate surface area is 121 Å². The maximum absolute atomic E-state index is 12.3. The van der Waals surface area contributed by atoms with E-state index in [9.17, 15) is 4.79 Å². The fraction of sp³-hybridized carbons (Fsp3) is 0.385. The van der Waals surface area contributed by atoms with Crippen LogP contribution >= 0.6 is 23.1 Å². The lowest BCUT2D eigenvalue weighted by Crippen LogP contribution is -2.28. The first-order chi connectivity index (χ1) is 9.04. The van der Waals surface area contributed by atoms with E-state index < -0.39 is 0 Å². The second-order valence-electron chi connectivity index (χ2n) is 4.37. The molecule has 2 aromatic heterocycles. The van der Waals surface area contributed by atoms with E-state index in [0.29, 0.717) is 10.6 Å². The fourth-order valence-electron chi connectivity index (χ4n) is 1.75. The maximum Gasteiger partial charge on any atom is 0.265 e. The van der Waals surface area contributed by atoms with Gasteiger partial charge in [-0.15, -0.1) is 11.3 Å². The van der Waals surface area contributed by atoms with Crippen molar-refractivity contribution in [1.29, 1.82) is 0 Å². The van der Waals surface area contributed by atoms with Crippen molar-refractivity contribution in [2.75, 3.05) is 31.3 Å². The van der Waals surface area contributed by atoms with Gasteiger partial charge in [-0.25, -0.2) is 4.98 Å². The van der Waals surface area contributed by atoms with Crippen LogP contribution in [0.5, 0.6) is 0 Å². The van der Waals surface area contributed by atoms with Gasteiger partial charge in [0.1, 0.15) is 9.71 Å². The largest absolute Gasteiger partial charge is 0.397 e. The van der Waals surface area contributed by atoms with Gasteiger partial charge in [-0.3, -0.25) is 4.79 Å². The maximum atomic E-state index is 12.3. The van der Waals surface area contributed by atoms with Crippen LogP contribution in [0.4, 0.5) is 5.69 Å². The molecule has 2 N–H and O–H groups in total. The molecule has 4 nitrogen and oxygen atoms in total. The number of hydrogen-bond acceptors (Lipinski definition) is 5. The molecule has 0 spiro atoms. The van der Waals surface area contributed by atoms with Gasteiger partial charge in [0.05, 0.1) is 5.69 Å². The summed E-state index contributed by atoms with van der Waals surface area (Å²) < 4.78 is 0. The van der Waals surface area contributed by atoms with Gasteiger partial charge in [0.25, 0.3) is 5.91 Å². The molecule has 0 bridgehead atoms. The van der Waals surface area contributed by atoms with Crippen molar-refractivity contribution in [1.82, 2.24) is 9.88 Å². The Hall–Kier alpha value is -1.27. The molecule has 0 atom stereocenters. The minimum Gasteiger partial charge on any atom is -0.397 e. The molecule has 0 saturated carbocycles. The summed E-state index contributed by atoms with van der Waals surface area (Å²) in [5.74, 6) is 0.900. The molecule has 2 aromatic rings. The first kappa shape index (κ1) is 14.1. The molecule has 0 aliphatic heterocycles. The predicted molar refractivity (Wildman–Crippen MR) is 84.1 cm³/mol. The number of carbonyl (C=O) groups is 1. The molecule has 6 heteroatoms. The van der Waals surface area contributed by atoms with Gasteiger partial charge in [0, 0.05) is 30.4 Å². The zero-order valence-corrected chi connectivity index (χ0v) is 12.9.